The number of ketones is 4. The molecule has 2 aliphatic rings. The van der Waals surface area contributed by atoms with Crippen LogP contribution in [0.5, 0.6) is 0 Å². The Balaban J connectivity index is 2.00. The zero-order valence-corrected chi connectivity index (χ0v) is 12.6. The van der Waals surface area contributed by atoms with Crippen LogP contribution in [0.25, 0.3) is 10.9 Å². The second kappa shape index (κ2) is 4.47. The number of hydrogen-bond donors (Lipinski definition) is 1. The number of benzene rings is 1. The van der Waals surface area contributed by atoms with Crippen molar-refractivity contribution in [1.29, 1.82) is 0 Å². The summed E-state index contributed by atoms with van der Waals surface area (Å²) in [5, 5.41) is 0.741. The standard InChI is InChI=1S/C18H15NO4/c1-18(6-7-18)17-13(9-4-2-3-5-10(9)19-17)14-15(22)11(20)8-12(21)16(14)23/h2-5,14,19H,6-8H2,1H3. The molecule has 0 spiro atoms. The van der Waals surface area contributed by atoms with Gasteiger partial charge in [-0.2, -0.15) is 0 Å². The summed E-state index contributed by atoms with van der Waals surface area (Å²) in [6.45, 7) is 2.06. The van der Waals surface area contributed by atoms with Gasteiger partial charge >= 0.3 is 0 Å². The van der Waals surface area contributed by atoms with E-state index in [1.807, 2.05) is 24.3 Å². The molecule has 0 saturated heterocycles. The molecule has 0 radical (unpaired) electrons. The van der Waals surface area contributed by atoms with Crippen LogP contribution in [0.3, 0.4) is 0 Å². The van der Waals surface area contributed by atoms with Crippen molar-refractivity contribution in [2.45, 2.75) is 37.5 Å². The third kappa shape index (κ3) is 1.92. The lowest BCUT2D eigenvalue weighted by Crippen LogP contribution is -2.40. The Bertz CT molecular complexity index is 875. The molecule has 1 N–H and O–H groups in total. The fourth-order valence-electron chi connectivity index (χ4n) is 3.40. The van der Waals surface area contributed by atoms with E-state index >= 15 is 0 Å². The predicted octanol–water partition coefficient (Wildman–Crippen LogP) is 1.98. The van der Waals surface area contributed by atoms with Crippen LogP contribution in [0.1, 0.15) is 43.4 Å². The topological polar surface area (TPSA) is 84.1 Å². The van der Waals surface area contributed by atoms with Gasteiger partial charge in [-0.3, -0.25) is 19.2 Å². The summed E-state index contributed by atoms with van der Waals surface area (Å²) >= 11 is 0. The van der Waals surface area contributed by atoms with Crippen molar-refractivity contribution in [2.75, 3.05) is 0 Å². The maximum atomic E-state index is 12.4. The number of carbonyl (C=O) groups excluding carboxylic acids is 4. The van der Waals surface area contributed by atoms with E-state index < -0.39 is 35.5 Å². The fraction of sp³-hybridized carbons (Fsp3) is 0.333. The normalized spacial score (nSPS) is 21.3. The Kier molecular flexibility index (Phi) is 2.73. The van der Waals surface area contributed by atoms with Crippen molar-refractivity contribution in [3.63, 3.8) is 0 Å². The number of carbonyl (C=O) groups is 4. The number of H-pyrrole nitrogens is 1. The molecule has 2 saturated carbocycles. The highest BCUT2D eigenvalue weighted by Gasteiger charge is 2.49. The molecule has 116 valence electrons. The Hall–Kier alpha value is -2.56. The summed E-state index contributed by atoms with van der Waals surface area (Å²) in [4.78, 5) is 51.8. The van der Waals surface area contributed by atoms with Gasteiger partial charge in [0.2, 0.25) is 23.1 Å². The molecule has 2 fully saturated rings. The molecule has 0 atom stereocenters. The summed E-state index contributed by atoms with van der Waals surface area (Å²) < 4.78 is 0. The monoisotopic (exact) mass is 309 g/mol. The van der Waals surface area contributed by atoms with Crippen molar-refractivity contribution in [3.8, 4) is 0 Å². The number of hydrogen-bond acceptors (Lipinski definition) is 4. The Labute approximate surface area is 132 Å². The van der Waals surface area contributed by atoms with Gasteiger partial charge in [0.15, 0.2) is 0 Å². The van der Waals surface area contributed by atoms with Crippen molar-refractivity contribution in [1.82, 2.24) is 4.98 Å². The number of nitrogens with one attached hydrogen (secondary N) is 1. The first kappa shape index (κ1) is 14.1. The quantitative estimate of drug-likeness (QED) is 0.679. The summed E-state index contributed by atoms with van der Waals surface area (Å²) in [6, 6.07) is 7.37. The third-order valence-electron chi connectivity index (χ3n) is 5.03. The number of Topliss-reactive ketones (excluding diaryl/α,β-unsaturated/α-hetero) is 4. The number of para-hydroxylation sites is 1. The molecule has 1 aromatic heterocycles. The van der Waals surface area contributed by atoms with Gasteiger partial charge in [0.25, 0.3) is 0 Å². The van der Waals surface area contributed by atoms with Crippen molar-refractivity contribution in [2.24, 2.45) is 0 Å². The van der Waals surface area contributed by atoms with Crippen molar-refractivity contribution < 1.29 is 19.2 Å². The second-order valence-corrected chi connectivity index (χ2v) is 6.70. The van der Waals surface area contributed by atoms with Gasteiger partial charge in [0.1, 0.15) is 5.92 Å². The summed E-state index contributed by atoms with van der Waals surface area (Å²) in [6.07, 6.45) is 1.30. The molecule has 0 aliphatic heterocycles. The lowest BCUT2D eigenvalue weighted by Gasteiger charge is -2.20. The van der Waals surface area contributed by atoms with Crippen molar-refractivity contribution in [3.05, 3.63) is 35.5 Å². The first-order chi connectivity index (χ1) is 10.9. The maximum Gasteiger partial charge on any atom is 0.214 e. The smallest absolute Gasteiger partial charge is 0.214 e. The Morgan fingerprint density at radius 2 is 1.61 bits per heavy atom. The zero-order chi connectivity index (χ0) is 16.4. The van der Waals surface area contributed by atoms with E-state index in [1.165, 1.54) is 0 Å². The first-order valence-corrected chi connectivity index (χ1v) is 7.67. The molecule has 0 bridgehead atoms. The first-order valence-electron chi connectivity index (χ1n) is 7.67. The van der Waals surface area contributed by atoms with Crippen LogP contribution in [-0.2, 0) is 24.6 Å². The molecule has 5 heteroatoms. The fourth-order valence-corrected chi connectivity index (χ4v) is 3.40. The van der Waals surface area contributed by atoms with Crippen LogP contribution in [0.2, 0.25) is 0 Å². The summed E-state index contributed by atoms with van der Waals surface area (Å²) in [5.74, 6) is -4.34. The molecular weight excluding hydrogens is 294 g/mol. The van der Waals surface area contributed by atoms with Gasteiger partial charge < -0.3 is 4.98 Å². The van der Waals surface area contributed by atoms with Crippen LogP contribution in [0.4, 0.5) is 0 Å². The average molecular weight is 309 g/mol. The third-order valence-corrected chi connectivity index (χ3v) is 5.03. The number of aromatic nitrogens is 1. The number of rotatable bonds is 2. The van der Waals surface area contributed by atoms with E-state index in [2.05, 4.69) is 11.9 Å². The van der Waals surface area contributed by atoms with E-state index in [0.717, 1.165) is 29.4 Å². The van der Waals surface area contributed by atoms with Crippen LogP contribution >= 0.6 is 0 Å². The minimum atomic E-state index is -1.28. The predicted molar refractivity (Wildman–Crippen MR) is 82.3 cm³/mol. The van der Waals surface area contributed by atoms with E-state index in [9.17, 15) is 19.2 Å². The van der Waals surface area contributed by atoms with Crippen LogP contribution < -0.4 is 0 Å². The van der Waals surface area contributed by atoms with Crippen molar-refractivity contribution >= 4 is 34.0 Å². The van der Waals surface area contributed by atoms with Gasteiger partial charge in [-0.25, -0.2) is 0 Å². The lowest BCUT2D eigenvalue weighted by atomic mass is 9.77. The van der Waals surface area contributed by atoms with Gasteiger partial charge in [-0.05, 0) is 18.9 Å². The molecule has 0 unspecified atom stereocenters. The lowest BCUT2D eigenvalue weighted by molar-refractivity contribution is -0.149. The van der Waals surface area contributed by atoms with Gasteiger partial charge in [-0.15, -0.1) is 0 Å². The van der Waals surface area contributed by atoms with Crippen LogP contribution in [0, 0.1) is 0 Å². The SMILES string of the molecule is CC1(c2[nH]c3ccccc3c2C2C(=O)C(=O)CC(=O)C2=O)CC1. The average Bonchev–Trinajstić information content (AvgIpc) is 3.15. The molecule has 5 nitrogen and oxygen atoms in total. The van der Waals surface area contributed by atoms with E-state index in [1.54, 1.807) is 0 Å². The maximum absolute atomic E-state index is 12.4. The van der Waals surface area contributed by atoms with Gasteiger partial charge in [-0.1, -0.05) is 25.1 Å². The minimum absolute atomic E-state index is 0.127. The van der Waals surface area contributed by atoms with Crippen LogP contribution in [0.15, 0.2) is 24.3 Å². The van der Waals surface area contributed by atoms with Gasteiger partial charge in [0.05, 0.1) is 6.42 Å². The van der Waals surface area contributed by atoms with E-state index in [-0.39, 0.29) is 5.41 Å². The van der Waals surface area contributed by atoms with E-state index in [4.69, 9.17) is 0 Å². The number of aromatic amines is 1. The van der Waals surface area contributed by atoms with Crippen LogP contribution in [-0.4, -0.2) is 28.1 Å². The molecule has 1 aromatic carbocycles. The minimum Gasteiger partial charge on any atom is -0.358 e. The molecule has 1 heterocycles. The molecule has 0 amide bonds. The molecule has 4 rings (SSSR count). The zero-order valence-electron chi connectivity index (χ0n) is 12.6. The second-order valence-electron chi connectivity index (χ2n) is 6.70. The highest BCUT2D eigenvalue weighted by molar-refractivity contribution is 6.61. The highest BCUT2D eigenvalue weighted by Crippen LogP contribution is 2.51. The molecule has 2 aliphatic carbocycles. The molecular formula is C18H15NO4. The largest absolute Gasteiger partial charge is 0.358 e. The Morgan fingerprint density at radius 3 is 2.22 bits per heavy atom. The van der Waals surface area contributed by atoms with Gasteiger partial charge in [0, 0.05) is 27.6 Å². The molecule has 2 aromatic rings. The highest BCUT2D eigenvalue weighted by atomic mass is 16.2. The number of fused-ring (bicyclic) bond motifs is 1. The summed E-state index contributed by atoms with van der Waals surface area (Å²) in [7, 11) is 0. The summed E-state index contributed by atoms with van der Waals surface area (Å²) in [5.41, 5.74) is 2.03. The van der Waals surface area contributed by atoms with E-state index in [0.29, 0.717) is 5.56 Å². The Morgan fingerprint density at radius 1 is 1.00 bits per heavy atom. The molecule has 23 heavy (non-hydrogen) atoms.